The summed E-state index contributed by atoms with van der Waals surface area (Å²) in [6.45, 7) is 5.56. The van der Waals surface area contributed by atoms with Crippen molar-refractivity contribution in [1.82, 2.24) is 0 Å². The molecule has 0 rings (SSSR count). The predicted molar refractivity (Wildman–Crippen MR) is 47.4 cm³/mol. The minimum absolute atomic E-state index is 0.812. The fourth-order valence-electron chi connectivity index (χ4n) is 0.649. The van der Waals surface area contributed by atoms with Crippen molar-refractivity contribution in [2.24, 2.45) is 0 Å². The van der Waals surface area contributed by atoms with Crippen LogP contribution in [-0.4, -0.2) is 30.3 Å². The van der Waals surface area contributed by atoms with Crippen molar-refractivity contribution >= 4 is 11.9 Å². The zero-order valence-electron chi connectivity index (χ0n) is 9.01. The molecule has 0 aromatic carbocycles. The predicted octanol–water partition coefficient (Wildman–Crippen LogP) is 1.23. The van der Waals surface area contributed by atoms with E-state index in [1.807, 2.05) is 0 Å². The molecule has 1 atom stereocenters. The minimum Gasteiger partial charge on any atom is -0.466 e. The molecule has 0 unspecified atom stereocenters. The monoisotopic (exact) mass is 206 g/mol. The molecular weight excluding hydrogens is 191 g/mol. The summed E-state index contributed by atoms with van der Waals surface area (Å²) in [5.74, 6) is -2.50. The van der Waals surface area contributed by atoms with Crippen molar-refractivity contribution in [1.29, 1.82) is 0 Å². The summed E-state index contributed by atoms with van der Waals surface area (Å²) < 4.78 is 22.3. The molecule has 5 heteroatoms. The SMILES string of the molecule is COC(=O)[C@](C)(F)C(=O)OC(C)(C)C. The highest BCUT2D eigenvalue weighted by atomic mass is 19.1. The van der Waals surface area contributed by atoms with Gasteiger partial charge in [-0.05, 0) is 27.7 Å². The Kier molecular flexibility index (Phi) is 3.62. The van der Waals surface area contributed by atoms with Gasteiger partial charge in [-0.3, -0.25) is 0 Å². The summed E-state index contributed by atoms with van der Waals surface area (Å²) in [6.07, 6.45) is 0. The van der Waals surface area contributed by atoms with E-state index >= 15 is 0 Å². The van der Waals surface area contributed by atoms with Gasteiger partial charge < -0.3 is 9.47 Å². The van der Waals surface area contributed by atoms with Crippen molar-refractivity contribution < 1.29 is 23.5 Å². The second kappa shape index (κ2) is 3.94. The van der Waals surface area contributed by atoms with E-state index in [2.05, 4.69) is 4.74 Å². The van der Waals surface area contributed by atoms with Crippen LogP contribution in [0.25, 0.3) is 0 Å². The number of alkyl halides is 1. The van der Waals surface area contributed by atoms with Gasteiger partial charge in [-0.15, -0.1) is 0 Å². The van der Waals surface area contributed by atoms with Crippen molar-refractivity contribution in [2.75, 3.05) is 7.11 Å². The maximum atomic E-state index is 13.5. The summed E-state index contributed by atoms with van der Waals surface area (Å²) in [5.41, 5.74) is -3.58. The van der Waals surface area contributed by atoms with E-state index in [9.17, 15) is 14.0 Å². The van der Waals surface area contributed by atoms with E-state index in [0.29, 0.717) is 0 Å². The van der Waals surface area contributed by atoms with Gasteiger partial charge in [-0.1, -0.05) is 0 Å². The lowest BCUT2D eigenvalue weighted by Gasteiger charge is -2.24. The van der Waals surface area contributed by atoms with Crippen LogP contribution in [0.15, 0.2) is 0 Å². The molecule has 0 aliphatic rings. The normalized spacial score (nSPS) is 15.6. The van der Waals surface area contributed by atoms with Gasteiger partial charge in [0.05, 0.1) is 7.11 Å². The number of hydrogen-bond donors (Lipinski definition) is 0. The van der Waals surface area contributed by atoms with Crippen LogP contribution in [0.1, 0.15) is 27.7 Å². The van der Waals surface area contributed by atoms with Crippen LogP contribution in [-0.2, 0) is 19.1 Å². The number of halogens is 1. The summed E-state index contributed by atoms with van der Waals surface area (Å²) in [7, 11) is 1.00. The standard InChI is InChI=1S/C9H15FO4/c1-8(2,3)14-7(12)9(4,10)6(11)13-5/h1-5H3/t9-/m0/s1. The Hall–Kier alpha value is -1.13. The van der Waals surface area contributed by atoms with Gasteiger partial charge in [0.15, 0.2) is 0 Å². The van der Waals surface area contributed by atoms with Crippen molar-refractivity contribution in [2.45, 2.75) is 39.0 Å². The van der Waals surface area contributed by atoms with E-state index in [4.69, 9.17) is 4.74 Å². The number of ether oxygens (including phenoxy) is 2. The molecule has 82 valence electrons. The van der Waals surface area contributed by atoms with Crippen molar-refractivity contribution in [3.05, 3.63) is 0 Å². The molecule has 0 saturated heterocycles. The first kappa shape index (κ1) is 12.9. The molecule has 14 heavy (non-hydrogen) atoms. The molecule has 0 aromatic heterocycles. The maximum Gasteiger partial charge on any atom is 0.356 e. The number of carbonyl (C=O) groups is 2. The molecule has 0 fully saturated rings. The highest BCUT2D eigenvalue weighted by Crippen LogP contribution is 2.19. The highest BCUT2D eigenvalue weighted by Gasteiger charge is 2.46. The Morgan fingerprint density at radius 3 is 1.79 bits per heavy atom. The number of methoxy groups -OCH3 is 1. The zero-order chi connectivity index (χ0) is 11.6. The van der Waals surface area contributed by atoms with E-state index in [-0.39, 0.29) is 0 Å². The number of hydrogen-bond acceptors (Lipinski definition) is 4. The number of carbonyl (C=O) groups excluding carboxylic acids is 2. The molecular formula is C9H15FO4. The number of rotatable bonds is 2. The van der Waals surface area contributed by atoms with Gasteiger partial charge in [0, 0.05) is 0 Å². The first-order chi connectivity index (χ1) is 6.11. The Balaban J connectivity index is 4.60. The first-order valence-electron chi connectivity index (χ1n) is 4.12. The van der Waals surface area contributed by atoms with E-state index in [1.165, 1.54) is 0 Å². The average Bonchev–Trinajstić information content (AvgIpc) is 1.99. The van der Waals surface area contributed by atoms with E-state index in [0.717, 1.165) is 14.0 Å². The molecule has 0 radical (unpaired) electrons. The molecule has 0 amide bonds. The summed E-state index contributed by atoms with van der Waals surface area (Å²) in [5, 5.41) is 0. The third-order valence-electron chi connectivity index (χ3n) is 1.35. The van der Waals surface area contributed by atoms with E-state index in [1.54, 1.807) is 20.8 Å². The Labute approximate surface area is 82.4 Å². The smallest absolute Gasteiger partial charge is 0.356 e. The van der Waals surface area contributed by atoms with Gasteiger partial charge in [0.1, 0.15) is 5.60 Å². The largest absolute Gasteiger partial charge is 0.466 e. The Morgan fingerprint density at radius 1 is 1.07 bits per heavy atom. The Morgan fingerprint density at radius 2 is 1.50 bits per heavy atom. The van der Waals surface area contributed by atoms with Crippen LogP contribution in [0.3, 0.4) is 0 Å². The van der Waals surface area contributed by atoms with Crippen LogP contribution < -0.4 is 0 Å². The second-order valence-corrected chi connectivity index (χ2v) is 4.00. The highest BCUT2D eigenvalue weighted by molar-refractivity contribution is 6.02. The summed E-state index contributed by atoms with van der Waals surface area (Å²) in [6, 6.07) is 0. The first-order valence-corrected chi connectivity index (χ1v) is 4.12. The molecule has 0 heterocycles. The number of esters is 2. The topological polar surface area (TPSA) is 52.6 Å². The molecule has 0 spiro atoms. The van der Waals surface area contributed by atoms with Gasteiger partial charge in [0.2, 0.25) is 0 Å². The molecule has 4 nitrogen and oxygen atoms in total. The molecule has 0 aromatic rings. The molecule has 0 aliphatic carbocycles. The molecule has 0 saturated carbocycles. The lowest BCUT2D eigenvalue weighted by molar-refractivity contribution is -0.178. The van der Waals surface area contributed by atoms with Gasteiger partial charge in [-0.2, -0.15) is 0 Å². The van der Waals surface area contributed by atoms with Crippen LogP contribution in [0.5, 0.6) is 0 Å². The van der Waals surface area contributed by atoms with Crippen molar-refractivity contribution in [3.63, 3.8) is 0 Å². The quantitative estimate of drug-likeness (QED) is 0.503. The van der Waals surface area contributed by atoms with Gasteiger partial charge in [0.25, 0.3) is 5.67 Å². The van der Waals surface area contributed by atoms with Gasteiger partial charge in [-0.25, -0.2) is 14.0 Å². The maximum absolute atomic E-state index is 13.5. The third kappa shape index (κ3) is 3.32. The van der Waals surface area contributed by atoms with Gasteiger partial charge >= 0.3 is 11.9 Å². The molecule has 0 N–H and O–H groups in total. The van der Waals surface area contributed by atoms with Crippen LogP contribution in [0, 0.1) is 0 Å². The Bertz CT molecular complexity index is 240. The van der Waals surface area contributed by atoms with Crippen LogP contribution in [0.4, 0.5) is 4.39 Å². The van der Waals surface area contributed by atoms with E-state index < -0.39 is 23.2 Å². The fourth-order valence-corrected chi connectivity index (χ4v) is 0.649. The third-order valence-corrected chi connectivity index (χ3v) is 1.35. The summed E-state index contributed by atoms with van der Waals surface area (Å²) in [4.78, 5) is 22.0. The molecule has 0 aliphatic heterocycles. The van der Waals surface area contributed by atoms with Crippen LogP contribution >= 0.6 is 0 Å². The zero-order valence-corrected chi connectivity index (χ0v) is 9.01. The minimum atomic E-state index is -2.75. The lowest BCUT2D eigenvalue weighted by atomic mass is 10.1. The average molecular weight is 206 g/mol. The van der Waals surface area contributed by atoms with Crippen molar-refractivity contribution in [3.8, 4) is 0 Å². The molecule has 0 bridgehead atoms. The second-order valence-electron chi connectivity index (χ2n) is 4.00. The fraction of sp³-hybridized carbons (Fsp3) is 0.778. The lowest BCUT2D eigenvalue weighted by Crippen LogP contribution is -2.44. The van der Waals surface area contributed by atoms with Crippen LogP contribution in [0.2, 0.25) is 0 Å². The summed E-state index contributed by atoms with van der Waals surface area (Å²) >= 11 is 0.